The van der Waals surface area contributed by atoms with Crippen LogP contribution in [0.15, 0.2) is 108 Å². The number of furan rings is 1. The third-order valence-corrected chi connectivity index (χ3v) is 11.5. The summed E-state index contributed by atoms with van der Waals surface area (Å²) in [6.45, 7) is 13.8. The van der Waals surface area contributed by atoms with Crippen molar-refractivity contribution in [3.8, 4) is 39.4 Å². The Balaban J connectivity index is 0.000000271. The first-order valence-corrected chi connectivity index (χ1v) is 20.2. The number of nitrogens with zero attached hydrogens (tertiary/aromatic N) is 2. The predicted molar refractivity (Wildman–Crippen MR) is 214 cm³/mol. The fourth-order valence-electron chi connectivity index (χ4n) is 6.52. The maximum absolute atomic E-state index is 8.88. The average Bonchev–Trinajstić information content (AvgIpc) is 3.51. The van der Waals surface area contributed by atoms with Crippen molar-refractivity contribution in [2.75, 3.05) is 0 Å². The maximum atomic E-state index is 8.88. The van der Waals surface area contributed by atoms with Crippen molar-refractivity contribution < 1.29 is 35.8 Å². The van der Waals surface area contributed by atoms with Gasteiger partial charge in [0.1, 0.15) is 11.3 Å². The van der Waals surface area contributed by atoms with E-state index in [9.17, 15) is 0 Å². The van der Waals surface area contributed by atoms with Crippen LogP contribution < -0.4 is 9.61 Å². The standard InChI is InChI=1S/C31H30NO2Si.C15H16N.Ir/c1-19-18-32-26(14-20(19)17-31(2,3)4)23-12-9-11-22-25-16-28-24(15-27(25)33-30(22)23)21-10-7-8-13-29(21)35(5,6)34-28;1-15(2,3)13-9-10-16-14(11-13)12-7-5-4-6-8-12;/h7-11,13-16,18H,17H2,1-6H3;4-7,9-11H,1-3H3;/q2*-1;/i1D3,17D2;;. The molecule has 1 aliphatic heterocycles. The quantitative estimate of drug-likeness (QED) is 0.131. The van der Waals surface area contributed by atoms with Gasteiger partial charge in [0.25, 0.3) is 8.32 Å². The summed E-state index contributed by atoms with van der Waals surface area (Å²) in [5, 5.41) is 3.00. The topological polar surface area (TPSA) is 48.2 Å². The van der Waals surface area contributed by atoms with Crippen LogP contribution in [0.5, 0.6) is 5.75 Å². The molecule has 267 valence electrons. The van der Waals surface area contributed by atoms with Crippen molar-refractivity contribution in [2.24, 2.45) is 5.41 Å². The van der Waals surface area contributed by atoms with Crippen LogP contribution in [0.4, 0.5) is 0 Å². The third-order valence-electron chi connectivity index (χ3n) is 9.05. The second kappa shape index (κ2) is 14.2. The molecule has 0 aliphatic carbocycles. The first-order chi connectivity index (χ1) is 26.2. The molecule has 0 bridgehead atoms. The van der Waals surface area contributed by atoms with E-state index in [1.54, 1.807) is 32.9 Å². The summed E-state index contributed by atoms with van der Waals surface area (Å²) < 4.78 is 54.9. The number of hydrogen-bond donors (Lipinski definition) is 0. The molecule has 0 atom stereocenters. The summed E-state index contributed by atoms with van der Waals surface area (Å²) in [5.41, 5.74) is 7.00. The van der Waals surface area contributed by atoms with Gasteiger partial charge in [-0.15, -0.1) is 54.1 Å². The first-order valence-electron chi connectivity index (χ1n) is 19.8. The minimum atomic E-state index is -2.51. The van der Waals surface area contributed by atoms with Gasteiger partial charge in [-0.25, -0.2) is 0 Å². The molecule has 0 amide bonds. The number of aryl methyl sites for hydroxylation is 1. The molecular formula is C46H46IrN2O2Si-2. The van der Waals surface area contributed by atoms with Gasteiger partial charge in [-0.2, -0.15) is 0 Å². The van der Waals surface area contributed by atoms with Gasteiger partial charge in [0.15, 0.2) is 0 Å². The van der Waals surface area contributed by atoms with Gasteiger partial charge in [-0.3, -0.25) is 0 Å². The van der Waals surface area contributed by atoms with E-state index in [1.165, 1.54) is 16.9 Å². The molecule has 4 aromatic carbocycles. The Morgan fingerprint density at radius 1 is 0.808 bits per heavy atom. The van der Waals surface area contributed by atoms with Crippen LogP contribution in [0.2, 0.25) is 13.1 Å². The fourth-order valence-corrected chi connectivity index (χ4v) is 8.71. The van der Waals surface area contributed by atoms with Crippen LogP contribution in [0.25, 0.3) is 55.6 Å². The fraction of sp³-hybridized carbons (Fsp3) is 0.261. The van der Waals surface area contributed by atoms with Crippen LogP contribution in [0.1, 0.15) is 65.1 Å². The summed E-state index contributed by atoms with van der Waals surface area (Å²) >= 11 is 0. The molecule has 52 heavy (non-hydrogen) atoms. The van der Waals surface area contributed by atoms with Crippen molar-refractivity contribution in [1.29, 1.82) is 0 Å². The summed E-state index contributed by atoms with van der Waals surface area (Å²) in [6, 6.07) is 36.3. The van der Waals surface area contributed by atoms with Crippen LogP contribution in [0, 0.1) is 24.4 Å². The van der Waals surface area contributed by atoms with E-state index in [-0.39, 0.29) is 36.6 Å². The Bertz CT molecular complexity index is 2590. The normalized spacial score (nSPS) is 15.3. The zero-order valence-electron chi connectivity index (χ0n) is 35.9. The van der Waals surface area contributed by atoms with E-state index in [4.69, 9.17) is 15.7 Å². The van der Waals surface area contributed by atoms with Crippen LogP contribution in [-0.2, 0) is 31.9 Å². The molecule has 3 aromatic heterocycles. The molecule has 0 spiro atoms. The van der Waals surface area contributed by atoms with Gasteiger partial charge in [-0.1, -0.05) is 94.5 Å². The molecule has 6 heteroatoms. The largest absolute Gasteiger partial charge is 0.539 e. The van der Waals surface area contributed by atoms with E-state index >= 15 is 0 Å². The summed E-state index contributed by atoms with van der Waals surface area (Å²) in [7, 11) is -2.15. The molecule has 0 unspecified atom stereocenters. The van der Waals surface area contributed by atoms with Crippen molar-refractivity contribution in [3.05, 3.63) is 132 Å². The Kier molecular flexibility index (Phi) is 8.54. The number of aromatic nitrogens is 2. The smallest absolute Gasteiger partial charge is 0.277 e. The molecule has 1 aliphatic rings. The molecular weight excluding hydrogens is 833 g/mol. The van der Waals surface area contributed by atoms with Gasteiger partial charge in [0.2, 0.25) is 0 Å². The Labute approximate surface area is 330 Å². The van der Waals surface area contributed by atoms with E-state index in [2.05, 4.69) is 80.2 Å². The zero-order valence-corrected chi connectivity index (χ0v) is 34.3. The Morgan fingerprint density at radius 3 is 2.33 bits per heavy atom. The Morgan fingerprint density at radius 2 is 1.60 bits per heavy atom. The number of pyridine rings is 2. The van der Waals surface area contributed by atoms with Gasteiger partial charge in [0, 0.05) is 50.3 Å². The maximum Gasteiger partial charge on any atom is 0.277 e. The third kappa shape index (κ3) is 7.57. The van der Waals surface area contributed by atoms with Gasteiger partial charge < -0.3 is 18.8 Å². The van der Waals surface area contributed by atoms with Crippen LogP contribution in [-0.4, -0.2) is 18.3 Å². The van der Waals surface area contributed by atoms with E-state index in [0.29, 0.717) is 22.4 Å². The van der Waals surface area contributed by atoms with Crippen LogP contribution >= 0.6 is 0 Å². The van der Waals surface area contributed by atoms with Gasteiger partial charge >= 0.3 is 0 Å². The van der Waals surface area contributed by atoms with Crippen molar-refractivity contribution in [3.63, 3.8) is 0 Å². The van der Waals surface area contributed by atoms with Crippen LogP contribution in [0.3, 0.4) is 0 Å². The molecule has 0 N–H and O–H groups in total. The predicted octanol–water partition coefficient (Wildman–Crippen LogP) is 11.7. The van der Waals surface area contributed by atoms with Crippen molar-refractivity contribution >= 4 is 35.4 Å². The van der Waals surface area contributed by atoms with E-state index < -0.39 is 27.0 Å². The Hall–Kier alpha value is -4.35. The molecule has 0 saturated carbocycles. The van der Waals surface area contributed by atoms with E-state index in [1.807, 2.05) is 60.8 Å². The SMILES string of the molecule is CC(C)(C)c1ccnc(-c2[c-]cccc2)c1.[2H]C([2H])([2H])c1cnc(-c2[c-]ccc3c2oc2cc4c(cc23)O[Si](C)(C)c2ccccc2-4)cc1C([2H])([2H])C(C)(C)C.[Ir]. The first kappa shape index (κ1) is 31.2. The molecule has 4 heterocycles. The number of benzene rings is 4. The van der Waals surface area contributed by atoms with Crippen molar-refractivity contribution in [2.45, 2.75) is 73.3 Å². The van der Waals surface area contributed by atoms with E-state index in [0.717, 1.165) is 38.9 Å². The minimum absolute atomic E-state index is 0. The average molecular weight is 884 g/mol. The molecule has 7 aromatic rings. The monoisotopic (exact) mass is 884 g/mol. The molecule has 1 radical (unpaired) electrons. The summed E-state index contributed by atoms with van der Waals surface area (Å²) in [5.74, 6) is 0.834. The molecule has 0 saturated heterocycles. The van der Waals surface area contributed by atoms with Gasteiger partial charge in [-0.05, 0) is 88.6 Å². The minimum Gasteiger partial charge on any atom is -0.539 e. The number of hydrogen-bond acceptors (Lipinski definition) is 4. The molecule has 4 nitrogen and oxygen atoms in total. The second-order valence-electron chi connectivity index (χ2n) is 15.6. The second-order valence-corrected chi connectivity index (χ2v) is 19.4. The molecule has 0 fully saturated rings. The number of fused-ring (bicyclic) bond motifs is 6. The van der Waals surface area contributed by atoms with Crippen molar-refractivity contribution in [1.82, 2.24) is 9.97 Å². The summed E-state index contributed by atoms with van der Waals surface area (Å²) in [6.07, 6.45) is 1.21. The summed E-state index contributed by atoms with van der Waals surface area (Å²) in [4.78, 5) is 8.87. The van der Waals surface area contributed by atoms with Gasteiger partial charge in [0.05, 0.1) is 5.58 Å². The molecule has 8 rings (SSSR count). The zero-order chi connectivity index (χ0) is 40.4. The number of rotatable bonds is 3.